The summed E-state index contributed by atoms with van der Waals surface area (Å²) in [7, 11) is 0. The molecule has 6 nitrogen and oxygen atoms in total. The second-order valence-corrected chi connectivity index (χ2v) is 11.7. The number of ether oxygens (including phenoxy) is 3. The average molecular weight is 537 g/mol. The zero-order valence-corrected chi connectivity index (χ0v) is 25.0. The van der Waals surface area contributed by atoms with E-state index in [1.807, 2.05) is 33.8 Å². The molecule has 0 saturated heterocycles. The van der Waals surface area contributed by atoms with Gasteiger partial charge in [-0.05, 0) is 109 Å². The van der Waals surface area contributed by atoms with Crippen LogP contribution in [-0.4, -0.2) is 24.3 Å². The van der Waals surface area contributed by atoms with Gasteiger partial charge in [0.2, 0.25) is 0 Å². The largest absolute Gasteiger partial charge is 0.493 e. The molecule has 0 fully saturated rings. The molecule has 212 valence electrons. The Hall–Kier alpha value is -3.41. The topological polar surface area (TPSA) is 78.9 Å². The summed E-state index contributed by atoms with van der Waals surface area (Å²) >= 11 is 0. The third-order valence-corrected chi connectivity index (χ3v) is 5.92. The van der Waals surface area contributed by atoms with Crippen LogP contribution in [0.4, 0.5) is 0 Å². The summed E-state index contributed by atoms with van der Waals surface area (Å²) in [6.07, 6.45) is 6.37. The Morgan fingerprint density at radius 3 is 1.85 bits per heavy atom. The second-order valence-electron chi connectivity index (χ2n) is 11.7. The van der Waals surface area contributed by atoms with Crippen LogP contribution in [0.5, 0.6) is 17.2 Å². The highest BCUT2D eigenvalue weighted by Crippen LogP contribution is 2.39. The molecular formula is C33H44O6. The van der Waals surface area contributed by atoms with Crippen LogP contribution in [0.1, 0.15) is 102 Å². The van der Waals surface area contributed by atoms with E-state index < -0.39 is 10.8 Å². The number of aryl methyl sites for hydroxylation is 1. The van der Waals surface area contributed by atoms with Gasteiger partial charge in [-0.1, -0.05) is 26.7 Å². The minimum atomic E-state index is -0.648. The van der Waals surface area contributed by atoms with Crippen LogP contribution in [0, 0.1) is 10.8 Å². The van der Waals surface area contributed by atoms with Crippen molar-refractivity contribution in [3.8, 4) is 17.2 Å². The molecule has 0 aliphatic rings. The van der Waals surface area contributed by atoms with Gasteiger partial charge in [-0.2, -0.15) is 0 Å². The number of benzene rings is 2. The first-order valence-electron chi connectivity index (χ1n) is 13.8. The smallest absolute Gasteiger partial charge is 0.316 e. The van der Waals surface area contributed by atoms with E-state index in [-0.39, 0.29) is 17.7 Å². The first kappa shape index (κ1) is 31.8. The third-order valence-electron chi connectivity index (χ3n) is 5.92. The maximum atomic E-state index is 13.0. The Kier molecular flexibility index (Phi) is 11.1. The number of carbonyl (C=O) groups is 3. The Labute approximate surface area is 233 Å². The maximum absolute atomic E-state index is 13.0. The fourth-order valence-electron chi connectivity index (χ4n) is 3.74. The van der Waals surface area contributed by atoms with Crippen LogP contribution in [0.2, 0.25) is 0 Å². The summed E-state index contributed by atoms with van der Waals surface area (Å²) in [5.41, 5.74) is 1.73. The van der Waals surface area contributed by atoms with Gasteiger partial charge >= 0.3 is 11.9 Å². The van der Waals surface area contributed by atoms with Crippen LogP contribution in [0.25, 0.3) is 6.08 Å². The number of allylic oxidation sites excluding steroid dienone is 1. The lowest BCUT2D eigenvalue weighted by Gasteiger charge is -2.23. The molecule has 0 radical (unpaired) electrons. The van der Waals surface area contributed by atoms with E-state index in [0.717, 1.165) is 36.0 Å². The standard InChI is InChI=1S/C33H44O6/c1-10-13-23-21-24(28(37-12-3)26(14-11-2)29(23)39-31(36)33(7,8)9)17-20-27(34)22-15-18-25(19-16-22)38-30(35)32(4,5)6/h15-21H,10-14H2,1-9H3/b20-17+. The highest BCUT2D eigenvalue weighted by Gasteiger charge is 2.28. The SMILES string of the molecule is CCCc1cc(/C=C/C(=O)c2ccc(OC(=O)C(C)(C)C)cc2)c(OCC)c(CCC)c1OC(=O)C(C)(C)C. The minimum absolute atomic E-state index is 0.191. The number of hydrogen-bond donors (Lipinski definition) is 0. The molecule has 2 rings (SSSR count). The fourth-order valence-corrected chi connectivity index (χ4v) is 3.74. The summed E-state index contributed by atoms with van der Waals surface area (Å²) in [5, 5.41) is 0. The average Bonchev–Trinajstić information content (AvgIpc) is 2.85. The molecule has 2 aromatic rings. The molecule has 0 amide bonds. The van der Waals surface area contributed by atoms with E-state index in [2.05, 4.69) is 13.8 Å². The molecule has 0 aromatic heterocycles. The van der Waals surface area contributed by atoms with Crippen molar-refractivity contribution in [2.24, 2.45) is 10.8 Å². The highest BCUT2D eigenvalue weighted by atomic mass is 16.5. The van der Waals surface area contributed by atoms with Crippen LogP contribution in [0.3, 0.4) is 0 Å². The van der Waals surface area contributed by atoms with Crippen molar-refractivity contribution in [3.05, 3.63) is 58.7 Å². The zero-order chi connectivity index (χ0) is 29.4. The third kappa shape index (κ3) is 8.81. The van der Waals surface area contributed by atoms with E-state index in [1.165, 1.54) is 6.08 Å². The van der Waals surface area contributed by atoms with Crippen molar-refractivity contribution in [1.82, 2.24) is 0 Å². The molecule has 0 heterocycles. The first-order valence-corrected chi connectivity index (χ1v) is 13.8. The summed E-state index contributed by atoms with van der Waals surface area (Å²) in [5.74, 6) is 0.767. The summed E-state index contributed by atoms with van der Waals surface area (Å²) in [6.45, 7) is 17.3. The van der Waals surface area contributed by atoms with Crippen molar-refractivity contribution in [3.63, 3.8) is 0 Å². The molecule has 0 unspecified atom stereocenters. The normalized spacial score (nSPS) is 11.9. The van der Waals surface area contributed by atoms with E-state index in [1.54, 1.807) is 51.1 Å². The molecule has 6 heteroatoms. The predicted molar refractivity (Wildman–Crippen MR) is 156 cm³/mol. The van der Waals surface area contributed by atoms with Crippen LogP contribution in [0.15, 0.2) is 36.4 Å². The van der Waals surface area contributed by atoms with Gasteiger partial charge in [0.05, 0.1) is 17.4 Å². The molecule has 0 aliphatic carbocycles. The second kappa shape index (κ2) is 13.6. The minimum Gasteiger partial charge on any atom is -0.493 e. The Morgan fingerprint density at radius 2 is 1.33 bits per heavy atom. The predicted octanol–water partition coefficient (Wildman–Crippen LogP) is 7.79. The fraction of sp³-hybridized carbons (Fsp3) is 0.485. The van der Waals surface area contributed by atoms with Crippen molar-refractivity contribution < 1.29 is 28.6 Å². The number of carbonyl (C=O) groups excluding carboxylic acids is 3. The van der Waals surface area contributed by atoms with Gasteiger partial charge in [-0.25, -0.2) is 0 Å². The van der Waals surface area contributed by atoms with Gasteiger partial charge in [0.25, 0.3) is 0 Å². The Morgan fingerprint density at radius 1 is 0.769 bits per heavy atom. The lowest BCUT2D eigenvalue weighted by molar-refractivity contribution is -0.143. The number of esters is 2. The molecule has 0 aliphatic heterocycles. The van der Waals surface area contributed by atoms with Gasteiger partial charge in [-0.15, -0.1) is 0 Å². The van der Waals surface area contributed by atoms with E-state index in [4.69, 9.17) is 14.2 Å². The molecule has 0 saturated carbocycles. The lowest BCUT2D eigenvalue weighted by atomic mass is 9.94. The van der Waals surface area contributed by atoms with Crippen molar-refractivity contribution >= 4 is 23.8 Å². The quantitative estimate of drug-likeness (QED) is 0.126. The lowest BCUT2D eigenvalue weighted by Crippen LogP contribution is -2.26. The number of rotatable bonds is 11. The van der Waals surface area contributed by atoms with E-state index in [0.29, 0.717) is 35.8 Å². The zero-order valence-electron chi connectivity index (χ0n) is 25.0. The maximum Gasteiger partial charge on any atom is 0.316 e. The van der Waals surface area contributed by atoms with Crippen LogP contribution in [-0.2, 0) is 22.4 Å². The van der Waals surface area contributed by atoms with E-state index in [9.17, 15) is 14.4 Å². The Bertz CT molecular complexity index is 1190. The molecule has 39 heavy (non-hydrogen) atoms. The van der Waals surface area contributed by atoms with Gasteiger partial charge in [-0.3, -0.25) is 14.4 Å². The summed E-state index contributed by atoms with van der Waals surface area (Å²) < 4.78 is 17.5. The van der Waals surface area contributed by atoms with Crippen LogP contribution < -0.4 is 14.2 Å². The monoisotopic (exact) mass is 536 g/mol. The van der Waals surface area contributed by atoms with Gasteiger partial charge < -0.3 is 14.2 Å². The van der Waals surface area contributed by atoms with Crippen molar-refractivity contribution in [1.29, 1.82) is 0 Å². The van der Waals surface area contributed by atoms with Gasteiger partial charge in [0, 0.05) is 16.7 Å². The molecule has 0 bridgehead atoms. The number of hydrogen-bond acceptors (Lipinski definition) is 6. The van der Waals surface area contributed by atoms with Crippen molar-refractivity contribution in [2.75, 3.05) is 6.61 Å². The first-order chi connectivity index (χ1) is 18.2. The summed E-state index contributed by atoms with van der Waals surface area (Å²) in [6, 6.07) is 8.47. The summed E-state index contributed by atoms with van der Waals surface area (Å²) in [4.78, 5) is 38.0. The highest BCUT2D eigenvalue weighted by molar-refractivity contribution is 6.07. The molecule has 0 spiro atoms. The molecular weight excluding hydrogens is 492 g/mol. The van der Waals surface area contributed by atoms with Crippen LogP contribution >= 0.6 is 0 Å². The van der Waals surface area contributed by atoms with Gasteiger partial charge in [0.1, 0.15) is 17.2 Å². The molecule has 0 N–H and O–H groups in total. The number of ketones is 1. The van der Waals surface area contributed by atoms with Gasteiger partial charge in [0.15, 0.2) is 5.78 Å². The van der Waals surface area contributed by atoms with E-state index >= 15 is 0 Å². The van der Waals surface area contributed by atoms with Crippen molar-refractivity contribution in [2.45, 2.75) is 88.0 Å². The molecule has 0 atom stereocenters. The molecule has 2 aromatic carbocycles. The Balaban J connectivity index is 2.47.